The second-order valence-electron chi connectivity index (χ2n) is 5.10. The molecule has 90 valence electrons. The molecule has 0 aromatic heterocycles. The highest BCUT2D eigenvalue weighted by atomic mass is 16.5. The number of rotatable bonds is 6. The van der Waals surface area contributed by atoms with Gasteiger partial charge < -0.3 is 15.2 Å². The second kappa shape index (κ2) is 6.46. The van der Waals surface area contributed by atoms with E-state index in [0.717, 1.165) is 26.1 Å². The van der Waals surface area contributed by atoms with E-state index in [4.69, 9.17) is 4.74 Å². The molecule has 1 heterocycles. The van der Waals surface area contributed by atoms with Crippen molar-refractivity contribution in [3.05, 3.63) is 0 Å². The molecule has 0 radical (unpaired) electrons. The molecule has 2 N–H and O–H groups in total. The van der Waals surface area contributed by atoms with Crippen molar-refractivity contribution in [3.63, 3.8) is 0 Å². The van der Waals surface area contributed by atoms with E-state index in [0.29, 0.717) is 24.4 Å². The first kappa shape index (κ1) is 12.9. The summed E-state index contributed by atoms with van der Waals surface area (Å²) in [5, 5.41) is 13.1. The Labute approximate surface area is 93.2 Å². The monoisotopic (exact) mass is 215 g/mol. The van der Waals surface area contributed by atoms with Gasteiger partial charge in [0.2, 0.25) is 0 Å². The molecule has 3 unspecified atom stereocenters. The topological polar surface area (TPSA) is 41.5 Å². The summed E-state index contributed by atoms with van der Waals surface area (Å²) < 4.78 is 5.35. The van der Waals surface area contributed by atoms with Gasteiger partial charge in [-0.25, -0.2) is 0 Å². The van der Waals surface area contributed by atoms with Crippen molar-refractivity contribution in [2.45, 2.75) is 45.8 Å². The van der Waals surface area contributed by atoms with E-state index in [9.17, 15) is 5.11 Å². The molecule has 3 atom stereocenters. The maximum Gasteiger partial charge on any atom is 0.0667 e. The van der Waals surface area contributed by atoms with Gasteiger partial charge in [0, 0.05) is 19.2 Å². The Morgan fingerprint density at radius 1 is 1.40 bits per heavy atom. The van der Waals surface area contributed by atoms with E-state index in [1.165, 1.54) is 0 Å². The van der Waals surface area contributed by atoms with E-state index in [-0.39, 0.29) is 6.10 Å². The van der Waals surface area contributed by atoms with Crippen LogP contribution in [0.4, 0.5) is 0 Å². The third kappa shape index (κ3) is 4.96. The predicted octanol–water partition coefficient (Wildman–Crippen LogP) is 1.41. The lowest BCUT2D eigenvalue weighted by Crippen LogP contribution is -2.39. The summed E-state index contributed by atoms with van der Waals surface area (Å²) in [7, 11) is 0. The summed E-state index contributed by atoms with van der Waals surface area (Å²) in [6.07, 6.45) is 1.81. The van der Waals surface area contributed by atoms with Crippen LogP contribution in [0.3, 0.4) is 0 Å². The summed E-state index contributed by atoms with van der Waals surface area (Å²) in [6.45, 7) is 8.92. The van der Waals surface area contributed by atoms with Crippen LogP contribution in [0.25, 0.3) is 0 Å². The number of hydrogen-bond donors (Lipinski definition) is 2. The molecule has 0 saturated carbocycles. The molecule has 1 saturated heterocycles. The molecule has 0 bridgehead atoms. The summed E-state index contributed by atoms with van der Waals surface area (Å²) in [4.78, 5) is 0. The lowest BCUT2D eigenvalue weighted by molar-refractivity contribution is 0.135. The van der Waals surface area contributed by atoms with Gasteiger partial charge >= 0.3 is 0 Å². The smallest absolute Gasteiger partial charge is 0.0667 e. The van der Waals surface area contributed by atoms with Crippen LogP contribution in [0, 0.1) is 11.8 Å². The highest BCUT2D eigenvalue weighted by Crippen LogP contribution is 2.16. The average molecular weight is 215 g/mol. The standard InChI is InChI=1S/C12H25NO2/c1-9(2)6-12(14)7-13-10(3)11-4-5-15-8-11/h9-14H,4-8H2,1-3H3. The molecular weight excluding hydrogens is 190 g/mol. The molecule has 1 fully saturated rings. The van der Waals surface area contributed by atoms with Crippen LogP contribution in [0.1, 0.15) is 33.6 Å². The van der Waals surface area contributed by atoms with Crippen LogP contribution in [-0.4, -0.2) is 37.0 Å². The van der Waals surface area contributed by atoms with Crippen LogP contribution in [-0.2, 0) is 4.74 Å². The van der Waals surface area contributed by atoms with Crippen LogP contribution >= 0.6 is 0 Å². The van der Waals surface area contributed by atoms with Gasteiger partial charge in [-0.3, -0.25) is 0 Å². The number of hydrogen-bond acceptors (Lipinski definition) is 3. The van der Waals surface area contributed by atoms with Crippen LogP contribution < -0.4 is 5.32 Å². The Morgan fingerprint density at radius 2 is 2.13 bits per heavy atom. The summed E-state index contributed by atoms with van der Waals surface area (Å²) >= 11 is 0. The molecule has 0 spiro atoms. The number of ether oxygens (including phenoxy) is 1. The average Bonchev–Trinajstić information content (AvgIpc) is 2.65. The summed E-state index contributed by atoms with van der Waals surface area (Å²) in [5.41, 5.74) is 0. The molecule has 1 aliphatic heterocycles. The van der Waals surface area contributed by atoms with Crippen molar-refractivity contribution in [2.24, 2.45) is 11.8 Å². The Bertz CT molecular complexity index is 167. The zero-order valence-electron chi connectivity index (χ0n) is 10.2. The predicted molar refractivity (Wildman–Crippen MR) is 61.9 cm³/mol. The van der Waals surface area contributed by atoms with Crippen LogP contribution in [0.5, 0.6) is 0 Å². The minimum Gasteiger partial charge on any atom is -0.392 e. The molecule has 0 amide bonds. The van der Waals surface area contributed by atoms with E-state index in [2.05, 4.69) is 26.1 Å². The zero-order valence-corrected chi connectivity index (χ0v) is 10.2. The van der Waals surface area contributed by atoms with Gasteiger partial charge in [0.25, 0.3) is 0 Å². The quantitative estimate of drug-likeness (QED) is 0.704. The van der Waals surface area contributed by atoms with E-state index >= 15 is 0 Å². The first-order valence-electron chi connectivity index (χ1n) is 6.08. The SMILES string of the molecule is CC(C)CC(O)CNC(C)C1CCOC1. The van der Waals surface area contributed by atoms with Crippen LogP contribution in [0.15, 0.2) is 0 Å². The van der Waals surface area contributed by atoms with Crippen molar-refractivity contribution < 1.29 is 9.84 Å². The fraction of sp³-hybridized carbons (Fsp3) is 1.00. The Hall–Kier alpha value is -0.120. The minimum absolute atomic E-state index is 0.213. The first-order valence-corrected chi connectivity index (χ1v) is 6.08. The fourth-order valence-electron chi connectivity index (χ4n) is 2.06. The molecular formula is C12H25NO2. The highest BCUT2D eigenvalue weighted by Gasteiger charge is 2.22. The molecule has 3 heteroatoms. The Morgan fingerprint density at radius 3 is 2.67 bits per heavy atom. The lowest BCUT2D eigenvalue weighted by atomic mass is 10.00. The summed E-state index contributed by atoms with van der Waals surface area (Å²) in [5.74, 6) is 1.18. The third-order valence-electron chi connectivity index (χ3n) is 3.09. The molecule has 1 aliphatic rings. The van der Waals surface area contributed by atoms with Gasteiger partial charge in [-0.05, 0) is 31.6 Å². The zero-order chi connectivity index (χ0) is 11.3. The van der Waals surface area contributed by atoms with Gasteiger partial charge in [-0.15, -0.1) is 0 Å². The first-order chi connectivity index (χ1) is 7.09. The Balaban J connectivity index is 2.12. The number of nitrogens with one attached hydrogen (secondary N) is 1. The Kier molecular flexibility index (Phi) is 5.58. The molecule has 15 heavy (non-hydrogen) atoms. The van der Waals surface area contributed by atoms with E-state index in [1.54, 1.807) is 0 Å². The van der Waals surface area contributed by atoms with E-state index in [1.807, 2.05) is 0 Å². The highest BCUT2D eigenvalue weighted by molar-refractivity contribution is 4.76. The molecule has 3 nitrogen and oxygen atoms in total. The van der Waals surface area contributed by atoms with Crippen molar-refractivity contribution in [2.75, 3.05) is 19.8 Å². The van der Waals surface area contributed by atoms with Gasteiger partial charge in [-0.1, -0.05) is 13.8 Å². The van der Waals surface area contributed by atoms with Crippen molar-refractivity contribution in [3.8, 4) is 0 Å². The second-order valence-corrected chi connectivity index (χ2v) is 5.10. The van der Waals surface area contributed by atoms with Crippen molar-refractivity contribution in [1.82, 2.24) is 5.32 Å². The number of aliphatic hydroxyl groups excluding tert-OH is 1. The summed E-state index contributed by atoms with van der Waals surface area (Å²) in [6, 6.07) is 0.453. The molecule has 1 rings (SSSR count). The maximum absolute atomic E-state index is 9.72. The minimum atomic E-state index is -0.213. The van der Waals surface area contributed by atoms with Gasteiger partial charge in [0.15, 0.2) is 0 Å². The lowest BCUT2D eigenvalue weighted by Gasteiger charge is -2.22. The molecule has 0 aromatic carbocycles. The van der Waals surface area contributed by atoms with Gasteiger partial charge in [0.1, 0.15) is 0 Å². The third-order valence-corrected chi connectivity index (χ3v) is 3.09. The van der Waals surface area contributed by atoms with Crippen molar-refractivity contribution >= 4 is 0 Å². The molecule has 0 aliphatic carbocycles. The maximum atomic E-state index is 9.72. The van der Waals surface area contributed by atoms with Gasteiger partial charge in [-0.2, -0.15) is 0 Å². The van der Waals surface area contributed by atoms with Gasteiger partial charge in [0.05, 0.1) is 12.7 Å². The van der Waals surface area contributed by atoms with Crippen molar-refractivity contribution in [1.29, 1.82) is 0 Å². The van der Waals surface area contributed by atoms with E-state index < -0.39 is 0 Å². The van der Waals surface area contributed by atoms with Crippen LogP contribution in [0.2, 0.25) is 0 Å². The normalized spacial score (nSPS) is 25.8. The largest absolute Gasteiger partial charge is 0.392 e. The fourth-order valence-corrected chi connectivity index (χ4v) is 2.06. The molecule has 0 aromatic rings. The number of aliphatic hydroxyl groups is 1.